The highest BCUT2D eigenvalue weighted by Gasteiger charge is 2.29. The summed E-state index contributed by atoms with van der Waals surface area (Å²) in [7, 11) is 0. The third-order valence-corrected chi connectivity index (χ3v) is 8.63. The molecule has 2 saturated heterocycles. The van der Waals surface area contributed by atoms with Gasteiger partial charge in [-0.3, -0.25) is 24.4 Å². The SMILES string of the molecule is O=C(Cc1ccc(Cc2ccc(F)cc2)nc1)c1ccc(C(=O)N2CCC(C(=O)c3ccc(N4CCCC4)cc3)CC2)nc1. The van der Waals surface area contributed by atoms with Crippen LogP contribution in [0.1, 0.15) is 73.7 Å². The summed E-state index contributed by atoms with van der Waals surface area (Å²) < 4.78 is 13.1. The Morgan fingerprint density at radius 2 is 1.41 bits per heavy atom. The summed E-state index contributed by atoms with van der Waals surface area (Å²) in [5, 5.41) is 0. The van der Waals surface area contributed by atoms with Crippen molar-refractivity contribution in [2.24, 2.45) is 5.92 Å². The second kappa shape index (κ2) is 13.3. The molecule has 2 aromatic carbocycles. The number of ketones is 2. The van der Waals surface area contributed by atoms with Crippen LogP contribution in [-0.2, 0) is 12.8 Å². The summed E-state index contributed by atoms with van der Waals surface area (Å²) in [6.45, 7) is 3.13. The number of hydrogen-bond acceptors (Lipinski definition) is 6. The van der Waals surface area contributed by atoms with Gasteiger partial charge in [-0.05, 0) is 91.4 Å². The molecule has 0 radical (unpaired) electrons. The van der Waals surface area contributed by atoms with Crippen LogP contribution in [0.25, 0.3) is 0 Å². The average Bonchev–Trinajstić information content (AvgIpc) is 3.62. The van der Waals surface area contributed by atoms with Crippen LogP contribution in [0.3, 0.4) is 0 Å². The number of piperidine rings is 1. The van der Waals surface area contributed by atoms with Gasteiger partial charge in [0.15, 0.2) is 11.6 Å². The predicted molar refractivity (Wildman–Crippen MR) is 167 cm³/mol. The number of likely N-dealkylation sites (tertiary alicyclic amines) is 1. The summed E-state index contributed by atoms with van der Waals surface area (Å²) in [5.74, 6) is -0.534. The van der Waals surface area contributed by atoms with Crippen LogP contribution in [0.2, 0.25) is 0 Å². The van der Waals surface area contributed by atoms with Crippen LogP contribution in [-0.4, -0.2) is 58.5 Å². The lowest BCUT2D eigenvalue weighted by atomic mass is 9.88. The van der Waals surface area contributed by atoms with Crippen molar-refractivity contribution in [1.29, 1.82) is 0 Å². The minimum atomic E-state index is -0.273. The maximum absolute atomic E-state index is 13.1. The molecule has 0 atom stereocenters. The summed E-state index contributed by atoms with van der Waals surface area (Å²) in [6, 6.07) is 21.2. The number of Topliss-reactive ketones (excluding diaryl/α,β-unsaturated/α-hetero) is 2. The molecule has 8 heteroatoms. The quantitative estimate of drug-likeness (QED) is 0.224. The summed E-state index contributed by atoms with van der Waals surface area (Å²) >= 11 is 0. The summed E-state index contributed by atoms with van der Waals surface area (Å²) in [5.41, 5.74) is 5.18. The number of nitrogens with zero attached hydrogens (tertiary/aromatic N) is 4. The molecule has 0 aliphatic carbocycles. The Morgan fingerprint density at radius 1 is 0.727 bits per heavy atom. The monoisotopic (exact) mass is 590 g/mol. The van der Waals surface area contributed by atoms with Gasteiger partial charge in [-0.15, -0.1) is 0 Å². The van der Waals surface area contributed by atoms with Gasteiger partial charge in [-0.2, -0.15) is 0 Å². The Kier molecular flexibility index (Phi) is 8.86. The normalized spacial score (nSPS) is 15.4. The smallest absolute Gasteiger partial charge is 0.272 e. The van der Waals surface area contributed by atoms with Crippen molar-refractivity contribution in [2.45, 2.75) is 38.5 Å². The molecule has 0 spiro atoms. The van der Waals surface area contributed by atoms with Crippen LogP contribution in [0.4, 0.5) is 10.1 Å². The number of halogens is 1. The molecule has 2 fully saturated rings. The van der Waals surface area contributed by atoms with E-state index < -0.39 is 0 Å². The number of benzene rings is 2. The van der Waals surface area contributed by atoms with Gasteiger partial charge < -0.3 is 9.80 Å². The zero-order chi connectivity index (χ0) is 30.5. The topological polar surface area (TPSA) is 83.5 Å². The lowest BCUT2D eigenvalue weighted by Gasteiger charge is -2.31. The largest absolute Gasteiger partial charge is 0.372 e. The van der Waals surface area contributed by atoms with E-state index in [2.05, 4.69) is 14.9 Å². The fraction of sp³-hybridized carbons (Fsp3) is 0.306. The van der Waals surface area contributed by atoms with E-state index in [-0.39, 0.29) is 41.3 Å². The molecule has 2 aliphatic rings. The molecule has 224 valence electrons. The number of aromatic nitrogens is 2. The highest BCUT2D eigenvalue weighted by atomic mass is 19.1. The van der Waals surface area contributed by atoms with Crippen LogP contribution in [0.5, 0.6) is 0 Å². The van der Waals surface area contributed by atoms with Gasteiger partial charge in [0, 0.05) is 79.8 Å². The fourth-order valence-corrected chi connectivity index (χ4v) is 6.00. The van der Waals surface area contributed by atoms with E-state index in [1.807, 2.05) is 36.4 Å². The minimum Gasteiger partial charge on any atom is -0.372 e. The molecule has 6 rings (SSSR count). The molecular formula is C36H35FN4O3. The van der Waals surface area contributed by atoms with Gasteiger partial charge in [0.25, 0.3) is 5.91 Å². The number of amides is 1. The van der Waals surface area contributed by atoms with Crippen molar-refractivity contribution in [3.05, 3.63) is 125 Å². The van der Waals surface area contributed by atoms with E-state index in [1.165, 1.54) is 36.9 Å². The molecule has 4 heterocycles. The van der Waals surface area contributed by atoms with E-state index in [4.69, 9.17) is 0 Å². The van der Waals surface area contributed by atoms with Crippen LogP contribution in [0.15, 0.2) is 85.2 Å². The summed E-state index contributed by atoms with van der Waals surface area (Å²) in [4.78, 5) is 52.0. The number of carbonyl (C=O) groups is 3. The van der Waals surface area contributed by atoms with Gasteiger partial charge in [0.05, 0.1) is 0 Å². The molecule has 44 heavy (non-hydrogen) atoms. The number of pyridine rings is 2. The Morgan fingerprint density at radius 3 is 2.05 bits per heavy atom. The molecule has 0 bridgehead atoms. The molecule has 2 aromatic heterocycles. The van der Waals surface area contributed by atoms with Crippen molar-refractivity contribution in [1.82, 2.24) is 14.9 Å². The van der Waals surface area contributed by atoms with Crippen molar-refractivity contribution in [3.63, 3.8) is 0 Å². The van der Waals surface area contributed by atoms with Crippen LogP contribution < -0.4 is 4.90 Å². The second-order valence-electron chi connectivity index (χ2n) is 11.7. The van der Waals surface area contributed by atoms with E-state index in [9.17, 15) is 18.8 Å². The Bertz CT molecular complexity index is 1610. The van der Waals surface area contributed by atoms with E-state index in [0.717, 1.165) is 35.5 Å². The van der Waals surface area contributed by atoms with E-state index in [0.29, 0.717) is 37.9 Å². The number of hydrogen-bond donors (Lipinski definition) is 0. The molecular weight excluding hydrogens is 555 g/mol. The number of carbonyl (C=O) groups excluding carboxylic acids is 3. The predicted octanol–water partition coefficient (Wildman–Crippen LogP) is 5.97. The Balaban J connectivity index is 0.985. The van der Waals surface area contributed by atoms with Crippen molar-refractivity contribution >= 4 is 23.2 Å². The lowest BCUT2D eigenvalue weighted by molar-refractivity contribution is 0.0645. The Labute approximate surface area is 256 Å². The van der Waals surface area contributed by atoms with Crippen LogP contribution >= 0.6 is 0 Å². The maximum atomic E-state index is 13.1. The zero-order valence-corrected chi connectivity index (χ0v) is 24.6. The van der Waals surface area contributed by atoms with Crippen molar-refractivity contribution in [2.75, 3.05) is 31.1 Å². The standard InChI is InChI=1S/C36H35FN4O3/c37-30-9-3-25(4-10-30)21-31-11-5-26(23-38-31)22-34(42)29-8-14-33(39-24-29)36(44)41-19-15-28(16-20-41)35(43)27-6-12-32(13-7-27)40-17-1-2-18-40/h3-14,23-24,28H,1-2,15-22H2. The summed E-state index contributed by atoms with van der Waals surface area (Å²) in [6.07, 6.45) is 7.54. The molecule has 0 N–H and O–H groups in total. The zero-order valence-electron chi connectivity index (χ0n) is 24.6. The maximum Gasteiger partial charge on any atom is 0.272 e. The Hall–Kier alpha value is -4.72. The van der Waals surface area contributed by atoms with Crippen LogP contribution in [0, 0.1) is 11.7 Å². The highest BCUT2D eigenvalue weighted by molar-refractivity contribution is 5.99. The number of anilines is 1. The third-order valence-electron chi connectivity index (χ3n) is 8.63. The van der Waals surface area contributed by atoms with Crippen molar-refractivity contribution < 1.29 is 18.8 Å². The van der Waals surface area contributed by atoms with Gasteiger partial charge in [0.2, 0.25) is 0 Å². The molecule has 0 unspecified atom stereocenters. The molecule has 1 amide bonds. The molecule has 0 saturated carbocycles. The van der Waals surface area contributed by atoms with Gasteiger partial charge in [-0.25, -0.2) is 4.39 Å². The first kappa shape index (κ1) is 29.4. The molecule has 2 aliphatic heterocycles. The molecule has 4 aromatic rings. The first-order chi connectivity index (χ1) is 21.4. The third kappa shape index (κ3) is 6.91. The number of rotatable bonds is 9. The minimum absolute atomic E-state index is 0.101. The van der Waals surface area contributed by atoms with E-state index in [1.54, 1.807) is 35.4 Å². The second-order valence-corrected chi connectivity index (χ2v) is 11.7. The van der Waals surface area contributed by atoms with E-state index >= 15 is 0 Å². The van der Waals surface area contributed by atoms with Gasteiger partial charge in [0.1, 0.15) is 11.5 Å². The average molecular weight is 591 g/mol. The molecule has 7 nitrogen and oxygen atoms in total. The highest BCUT2D eigenvalue weighted by Crippen LogP contribution is 2.26. The van der Waals surface area contributed by atoms with Gasteiger partial charge >= 0.3 is 0 Å². The fourth-order valence-electron chi connectivity index (χ4n) is 6.00. The lowest BCUT2D eigenvalue weighted by Crippen LogP contribution is -2.40. The van der Waals surface area contributed by atoms with Gasteiger partial charge in [-0.1, -0.05) is 18.2 Å². The first-order valence-electron chi connectivity index (χ1n) is 15.3. The van der Waals surface area contributed by atoms with Crippen molar-refractivity contribution in [3.8, 4) is 0 Å². The first-order valence-corrected chi connectivity index (χ1v) is 15.3.